The summed E-state index contributed by atoms with van der Waals surface area (Å²) in [6.07, 6.45) is 15.1. The highest BCUT2D eigenvalue weighted by molar-refractivity contribution is 5.08. The van der Waals surface area contributed by atoms with Crippen LogP contribution < -0.4 is 0 Å². The van der Waals surface area contributed by atoms with Crippen LogP contribution in [0.2, 0.25) is 0 Å². The third kappa shape index (κ3) is 10.1. The number of aliphatic hydroxyl groups is 1. The summed E-state index contributed by atoms with van der Waals surface area (Å²) in [6, 6.07) is 0. The Kier molecular flexibility index (Phi) is 11.8. The zero-order valence-corrected chi connectivity index (χ0v) is 15.9. The largest absolute Gasteiger partial charge is 0.392 e. The molecule has 0 aromatic heterocycles. The molecule has 1 rings (SSSR count). The van der Waals surface area contributed by atoms with Gasteiger partial charge >= 0.3 is 0 Å². The van der Waals surface area contributed by atoms with E-state index >= 15 is 0 Å². The van der Waals surface area contributed by atoms with E-state index in [0.29, 0.717) is 6.61 Å². The van der Waals surface area contributed by atoms with Gasteiger partial charge in [-0.2, -0.15) is 0 Å². The second kappa shape index (κ2) is 13.4. The maximum absolute atomic E-state index is 9.46. The quantitative estimate of drug-likeness (QED) is 0.520. The summed E-state index contributed by atoms with van der Waals surface area (Å²) >= 11 is 0. The van der Waals surface area contributed by atoms with E-state index in [0.717, 1.165) is 57.1 Å². The molecular weight excluding hydrogens is 300 g/mol. The van der Waals surface area contributed by atoms with Gasteiger partial charge in [0.1, 0.15) is 0 Å². The van der Waals surface area contributed by atoms with Crippen molar-refractivity contribution in [1.82, 2.24) is 0 Å². The lowest BCUT2D eigenvalue weighted by Gasteiger charge is -2.22. The molecule has 0 saturated carbocycles. The predicted octanol–water partition coefficient (Wildman–Crippen LogP) is 5.31. The van der Waals surface area contributed by atoms with E-state index in [1.165, 1.54) is 17.6 Å². The highest BCUT2D eigenvalue weighted by Crippen LogP contribution is 2.15. The van der Waals surface area contributed by atoms with Gasteiger partial charge in [-0.05, 0) is 70.8 Å². The summed E-state index contributed by atoms with van der Waals surface area (Å²) in [4.78, 5) is 0. The van der Waals surface area contributed by atoms with E-state index in [1.807, 2.05) is 0 Å². The van der Waals surface area contributed by atoms with Gasteiger partial charge in [0.25, 0.3) is 0 Å². The molecule has 24 heavy (non-hydrogen) atoms. The Morgan fingerprint density at radius 1 is 1.08 bits per heavy atom. The Balaban J connectivity index is 2.22. The molecule has 1 atom stereocenters. The van der Waals surface area contributed by atoms with Crippen LogP contribution in [-0.2, 0) is 9.47 Å². The van der Waals surface area contributed by atoms with E-state index in [9.17, 15) is 5.11 Å². The summed E-state index contributed by atoms with van der Waals surface area (Å²) in [6.45, 7) is 8.11. The Bertz CT molecular complexity index is 415. The molecule has 0 radical (unpaired) electrons. The fourth-order valence-corrected chi connectivity index (χ4v) is 2.64. The van der Waals surface area contributed by atoms with Crippen molar-refractivity contribution in [2.75, 3.05) is 19.8 Å². The molecule has 3 nitrogen and oxygen atoms in total. The van der Waals surface area contributed by atoms with Crippen molar-refractivity contribution in [3.05, 3.63) is 34.9 Å². The second-order valence-electron chi connectivity index (χ2n) is 6.68. The maximum atomic E-state index is 9.46. The standard InChI is InChI=1S/C21H36O3/c1-4-18(2)9-7-11-20(17-22)12-8-10-19(3)14-16-24-21-13-5-6-15-23-21/h9,12,14,21-22H,4-8,10-11,13,15-17H2,1-3H3/b18-9-,19-14+,20-12-. The van der Waals surface area contributed by atoms with Gasteiger partial charge in [-0.25, -0.2) is 0 Å². The van der Waals surface area contributed by atoms with Crippen LogP contribution in [0.4, 0.5) is 0 Å². The van der Waals surface area contributed by atoms with Crippen molar-refractivity contribution in [1.29, 1.82) is 0 Å². The van der Waals surface area contributed by atoms with E-state index < -0.39 is 0 Å². The minimum Gasteiger partial charge on any atom is -0.392 e. The van der Waals surface area contributed by atoms with Crippen molar-refractivity contribution in [3.8, 4) is 0 Å². The lowest BCUT2D eigenvalue weighted by molar-refractivity contribution is -0.155. The molecule has 0 aromatic rings. The average molecular weight is 337 g/mol. The molecule has 0 bridgehead atoms. The van der Waals surface area contributed by atoms with Crippen molar-refractivity contribution in [3.63, 3.8) is 0 Å². The van der Waals surface area contributed by atoms with E-state index in [1.54, 1.807) is 0 Å². The first-order valence-electron chi connectivity index (χ1n) is 9.49. The molecule has 1 saturated heterocycles. The van der Waals surface area contributed by atoms with Gasteiger partial charge in [-0.3, -0.25) is 0 Å². The van der Waals surface area contributed by atoms with Crippen molar-refractivity contribution in [2.24, 2.45) is 0 Å². The molecule has 138 valence electrons. The topological polar surface area (TPSA) is 38.7 Å². The van der Waals surface area contributed by atoms with Gasteiger partial charge in [0, 0.05) is 6.61 Å². The molecule has 3 heteroatoms. The Hall–Kier alpha value is -0.900. The number of hydrogen-bond donors (Lipinski definition) is 1. The summed E-state index contributed by atoms with van der Waals surface area (Å²) in [5, 5.41) is 9.46. The molecule has 0 spiro atoms. The van der Waals surface area contributed by atoms with Gasteiger partial charge in [0.2, 0.25) is 0 Å². The Labute approximate surface area is 148 Å². The molecule has 0 aliphatic carbocycles. The third-order valence-corrected chi connectivity index (χ3v) is 4.54. The van der Waals surface area contributed by atoms with E-state index in [4.69, 9.17) is 9.47 Å². The van der Waals surface area contributed by atoms with Crippen LogP contribution >= 0.6 is 0 Å². The molecule has 1 unspecified atom stereocenters. The van der Waals surface area contributed by atoms with Gasteiger partial charge < -0.3 is 14.6 Å². The minimum atomic E-state index is -0.0108. The van der Waals surface area contributed by atoms with Crippen LogP contribution in [0.25, 0.3) is 0 Å². The fraction of sp³-hybridized carbons (Fsp3) is 0.714. The SMILES string of the molecule is CC/C(C)=C\CC/C(=C/CC/C(C)=C/COC1CCCCO1)CO. The fourth-order valence-electron chi connectivity index (χ4n) is 2.64. The summed E-state index contributed by atoms with van der Waals surface area (Å²) < 4.78 is 11.3. The van der Waals surface area contributed by atoms with Crippen LogP contribution in [0, 0.1) is 0 Å². The zero-order valence-electron chi connectivity index (χ0n) is 15.9. The normalized spacial score (nSPS) is 20.5. The minimum absolute atomic E-state index is 0.0108. The first-order valence-corrected chi connectivity index (χ1v) is 9.49. The molecule has 0 amide bonds. The molecule has 1 aliphatic heterocycles. The number of rotatable bonds is 11. The Morgan fingerprint density at radius 3 is 2.54 bits per heavy atom. The van der Waals surface area contributed by atoms with Crippen molar-refractivity contribution >= 4 is 0 Å². The van der Waals surface area contributed by atoms with Crippen LogP contribution in [0.5, 0.6) is 0 Å². The van der Waals surface area contributed by atoms with E-state index in [-0.39, 0.29) is 12.9 Å². The Morgan fingerprint density at radius 2 is 1.88 bits per heavy atom. The van der Waals surface area contributed by atoms with Crippen LogP contribution in [0.1, 0.15) is 72.1 Å². The third-order valence-electron chi connectivity index (χ3n) is 4.54. The molecule has 1 heterocycles. The average Bonchev–Trinajstić information content (AvgIpc) is 2.61. The maximum Gasteiger partial charge on any atom is 0.157 e. The van der Waals surface area contributed by atoms with Crippen LogP contribution in [0.3, 0.4) is 0 Å². The lowest BCUT2D eigenvalue weighted by atomic mass is 10.1. The number of allylic oxidation sites excluding steroid dienone is 4. The monoisotopic (exact) mass is 336 g/mol. The molecule has 0 aromatic carbocycles. The summed E-state index contributed by atoms with van der Waals surface area (Å²) in [7, 11) is 0. The van der Waals surface area contributed by atoms with Gasteiger partial charge in [0.15, 0.2) is 6.29 Å². The van der Waals surface area contributed by atoms with Gasteiger partial charge in [-0.15, -0.1) is 0 Å². The van der Waals surface area contributed by atoms with Crippen molar-refractivity contribution in [2.45, 2.75) is 78.4 Å². The number of ether oxygens (including phenoxy) is 2. The first-order chi connectivity index (χ1) is 11.7. The van der Waals surface area contributed by atoms with Crippen molar-refractivity contribution < 1.29 is 14.6 Å². The smallest absolute Gasteiger partial charge is 0.157 e. The summed E-state index contributed by atoms with van der Waals surface area (Å²) in [5.41, 5.74) is 3.91. The second-order valence-corrected chi connectivity index (χ2v) is 6.68. The molecule has 1 N–H and O–H groups in total. The van der Waals surface area contributed by atoms with Crippen LogP contribution in [0.15, 0.2) is 34.9 Å². The predicted molar refractivity (Wildman–Crippen MR) is 101 cm³/mol. The first kappa shape index (κ1) is 21.1. The number of aliphatic hydroxyl groups excluding tert-OH is 1. The van der Waals surface area contributed by atoms with Gasteiger partial charge in [-0.1, -0.05) is 36.3 Å². The molecular formula is C21H36O3. The molecule has 1 aliphatic rings. The molecule has 1 fully saturated rings. The highest BCUT2D eigenvalue weighted by atomic mass is 16.7. The van der Waals surface area contributed by atoms with Gasteiger partial charge in [0.05, 0.1) is 13.2 Å². The number of hydrogen-bond acceptors (Lipinski definition) is 3. The zero-order chi connectivity index (χ0) is 17.6. The highest BCUT2D eigenvalue weighted by Gasteiger charge is 2.12. The van der Waals surface area contributed by atoms with E-state index in [2.05, 4.69) is 39.0 Å². The lowest BCUT2D eigenvalue weighted by Crippen LogP contribution is -2.22. The van der Waals surface area contributed by atoms with Crippen LogP contribution in [-0.4, -0.2) is 31.2 Å². The summed E-state index contributed by atoms with van der Waals surface area (Å²) in [5.74, 6) is 0.